The Morgan fingerprint density at radius 2 is 2.38 bits per heavy atom. The number of allylic oxidation sites excluding steroid dienone is 1. The largest absolute Gasteiger partial charge is 0.497 e. The fraction of sp³-hybridized carbons (Fsp3) is 0.333. The fourth-order valence-electron chi connectivity index (χ4n) is 1.57. The van der Waals surface area contributed by atoms with Crippen LogP contribution in [0.5, 0.6) is 0 Å². The van der Waals surface area contributed by atoms with Gasteiger partial charge in [0.2, 0.25) is 0 Å². The van der Waals surface area contributed by atoms with Gasteiger partial charge in [-0.2, -0.15) is 0 Å². The minimum Gasteiger partial charge on any atom is -0.497 e. The lowest BCUT2D eigenvalue weighted by Crippen LogP contribution is -2.22. The van der Waals surface area contributed by atoms with Crippen LogP contribution in [0.3, 0.4) is 0 Å². The van der Waals surface area contributed by atoms with Crippen molar-refractivity contribution in [2.45, 2.75) is 18.9 Å². The maximum absolute atomic E-state index is 13.1. The van der Waals surface area contributed by atoms with Gasteiger partial charge in [-0.15, -0.1) is 0 Å². The van der Waals surface area contributed by atoms with Crippen molar-refractivity contribution in [2.24, 2.45) is 0 Å². The molecule has 4 heteroatoms. The van der Waals surface area contributed by atoms with E-state index in [0.717, 1.165) is 18.5 Å². The molecule has 0 saturated heterocycles. The maximum Gasteiger partial charge on any atom is 0.143 e. The Bertz CT molecular complexity index is 395. The molecule has 1 N–H and O–H groups in total. The van der Waals surface area contributed by atoms with Crippen LogP contribution in [0.25, 0.3) is 0 Å². The topological polar surface area (TPSA) is 21.3 Å². The molecule has 2 rings (SSSR count). The molecule has 1 aromatic carbocycles. The molecular weight excluding hydrogens is 229 g/mol. The Labute approximate surface area is 99.1 Å². The molecule has 0 saturated carbocycles. The lowest BCUT2D eigenvalue weighted by Gasteiger charge is -2.20. The van der Waals surface area contributed by atoms with Crippen LogP contribution >= 0.6 is 11.6 Å². The van der Waals surface area contributed by atoms with Gasteiger partial charge in [-0.25, -0.2) is 4.39 Å². The number of anilines is 1. The first-order valence-corrected chi connectivity index (χ1v) is 5.63. The number of nitrogens with one attached hydrogen (secondary N) is 1. The zero-order valence-corrected chi connectivity index (χ0v) is 9.51. The van der Waals surface area contributed by atoms with Crippen molar-refractivity contribution in [1.29, 1.82) is 0 Å². The van der Waals surface area contributed by atoms with Crippen LogP contribution in [-0.4, -0.2) is 12.6 Å². The molecule has 86 valence electrons. The number of halogens is 2. The summed E-state index contributed by atoms with van der Waals surface area (Å²) in [6.45, 7) is 0.672. The van der Waals surface area contributed by atoms with Crippen molar-refractivity contribution in [2.75, 3.05) is 11.9 Å². The summed E-state index contributed by atoms with van der Waals surface area (Å²) in [5, 5.41) is 3.27. The molecule has 0 spiro atoms. The Morgan fingerprint density at radius 3 is 3.06 bits per heavy atom. The smallest absolute Gasteiger partial charge is 0.143 e. The van der Waals surface area contributed by atoms with E-state index in [2.05, 4.69) is 5.32 Å². The molecule has 0 amide bonds. The molecule has 16 heavy (non-hydrogen) atoms. The minimum absolute atomic E-state index is 0.141. The monoisotopic (exact) mass is 241 g/mol. The van der Waals surface area contributed by atoms with Gasteiger partial charge in [-0.3, -0.25) is 0 Å². The highest BCUT2D eigenvalue weighted by atomic mass is 35.5. The number of hydrogen-bond acceptors (Lipinski definition) is 2. The molecule has 1 aliphatic heterocycles. The number of rotatable bonds is 3. The van der Waals surface area contributed by atoms with Gasteiger partial charge in [0.25, 0.3) is 0 Å². The van der Waals surface area contributed by atoms with E-state index in [9.17, 15) is 4.39 Å². The molecule has 1 atom stereocenters. The van der Waals surface area contributed by atoms with Crippen molar-refractivity contribution in [3.63, 3.8) is 0 Å². The third kappa shape index (κ3) is 2.89. The summed E-state index contributed by atoms with van der Waals surface area (Å²) >= 11 is 5.59. The van der Waals surface area contributed by atoms with E-state index in [-0.39, 0.29) is 11.1 Å². The SMILES string of the molecule is Fc1cc(NCC2CCC=CO2)ccc1Cl. The predicted molar refractivity (Wildman–Crippen MR) is 63.1 cm³/mol. The second kappa shape index (κ2) is 5.21. The third-order valence-corrected chi connectivity index (χ3v) is 2.78. The third-order valence-electron chi connectivity index (χ3n) is 2.48. The first kappa shape index (κ1) is 11.3. The Morgan fingerprint density at radius 1 is 1.50 bits per heavy atom. The Kier molecular flexibility index (Phi) is 3.67. The summed E-state index contributed by atoms with van der Waals surface area (Å²) in [6, 6.07) is 4.69. The lowest BCUT2D eigenvalue weighted by atomic mass is 10.1. The first-order chi connectivity index (χ1) is 7.75. The average molecular weight is 242 g/mol. The van der Waals surface area contributed by atoms with Crippen LogP contribution in [-0.2, 0) is 4.74 Å². The van der Waals surface area contributed by atoms with Crippen LogP contribution in [0, 0.1) is 5.82 Å². The molecule has 1 aromatic rings. The predicted octanol–water partition coefficient (Wildman–Crippen LogP) is 3.58. The highest BCUT2D eigenvalue weighted by molar-refractivity contribution is 6.30. The van der Waals surface area contributed by atoms with Gasteiger partial charge in [0.15, 0.2) is 0 Å². The summed E-state index contributed by atoms with van der Waals surface area (Å²) in [6.07, 6.45) is 5.89. The highest BCUT2D eigenvalue weighted by Gasteiger charge is 2.10. The van der Waals surface area contributed by atoms with E-state index in [0.29, 0.717) is 6.54 Å². The van der Waals surface area contributed by atoms with Gasteiger partial charge < -0.3 is 10.1 Å². The highest BCUT2D eigenvalue weighted by Crippen LogP contribution is 2.19. The van der Waals surface area contributed by atoms with E-state index < -0.39 is 5.82 Å². The molecule has 0 bridgehead atoms. The van der Waals surface area contributed by atoms with Gasteiger partial charge in [0.1, 0.15) is 11.9 Å². The van der Waals surface area contributed by atoms with Gasteiger partial charge in [0.05, 0.1) is 17.8 Å². The van der Waals surface area contributed by atoms with Crippen molar-refractivity contribution in [3.8, 4) is 0 Å². The van der Waals surface area contributed by atoms with Crippen LogP contribution in [0.4, 0.5) is 10.1 Å². The molecular formula is C12H13ClFNO. The zero-order valence-electron chi connectivity index (χ0n) is 8.75. The second-order valence-corrected chi connectivity index (χ2v) is 4.12. The van der Waals surface area contributed by atoms with Crippen molar-refractivity contribution >= 4 is 17.3 Å². The van der Waals surface area contributed by atoms with E-state index in [1.54, 1.807) is 18.4 Å². The Balaban J connectivity index is 1.89. The lowest BCUT2D eigenvalue weighted by molar-refractivity contribution is 0.135. The van der Waals surface area contributed by atoms with Gasteiger partial charge >= 0.3 is 0 Å². The number of ether oxygens (including phenoxy) is 1. The minimum atomic E-state index is -0.406. The fourth-order valence-corrected chi connectivity index (χ4v) is 1.69. The van der Waals surface area contributed by atoms with Crippen molar-refractivity contribution in [1.82, 2.24) is 0 Å². The number of hydrogen-bond donors (Lipinski definition) is 1. The molecule has 1 unspecified atom stereocenters. The van der Waals surface area contributed by atoms with Crippen molar-refractivity contribution in [3.05, 3.63) is 41.4 Å². The van der Waals surface area contributed by atoms with E-state index in [1.165, 1.54) is 6.07 Å². The van der Waals surface area contributed by atoms with Crippen LogP contribution < -0.4 is 5.32 Å². The molecule has 1 aliphatic rings. The molecule has 0 aliphatic carbocycles. The molecule has 0 aromatic heterocycles. The van der Waals surface area contributed by atoms with Crippen LogP contribution in [0.1, 0.15) is 12.8 Å². The van der Waals surface area contributed by atoms with Crippen LogP contribution in [0.15, 0.2) is 30.5 Å². The van der Waals surface area contributed by atoms with Gasteiger partial charge in [-0.05, 0) is 37.1 Å². The quantitative estimate of drug-likeness (QED) is 0.873. The second-order valence-electron chi connectivity index (χ2n) is 3.72. The molecule has 2 nitrogen and oxygen atoms in total. The normalized spacial score (nSPS) is 19.2. The van der Waals surface area contributed by atoms with Crippen molar-refractivity contribution < 1.29 is 9.13 Å². The summed E-state index contributed by atoms with van der Waals surface area (Å²) in [7, 11) is 0. The van der Waals surface area contributed by atoms with E-state index >= 15 is 0 Å². The average Bonchev–Trinajstić information content (AvgIpc) is 2.32. The summed E-state index contributed by atoms with van der Waals surface area (Å²) in [5.41, 5.74) is 0.722. The van der Waals surface area contributed by atoms with Gasteiger partial charge in [0, 0.05) is 5.69 Å². The summed E-state index contributed by atoms with van der Waals surface area (Å²) < 4.78 is 18.5. The number of benzene rings is 1. The van der Waals surface area contributed by atoms with Gasteiger partial charge in [-0.1, -0.05) is 11.6 Å². The van der Waals surface area contributed by atoms with Crippen LogP contribution in [0.2, 0.25) is 5.02 Å². The summed E-state index contributed by atoms with van der Waals surface area (Å²) in [5.74, 6) is -0.406. The molecule has 0 fully saturated rings. The zero-order chi connectivity index (χ0) is 11.4. The Hall–Kier alpha value is -1.22. The van der Waals surface area contributed by atoms with E-state index in [4.69, 9.17) is 16.3 Å². The molecule has 0 radical (unpaired) electrons. The first-order valence-electron chi connectivity index (χ1n) is 5.25. The maximum atomic E-state index is 13.1. The molecule has 1 heterocycles. The van der Waals surface area contributed by atoms with E-state index in [1.807, 2.05) is 6.08 Å². The standard InChI is InChI=1S/C12H13ClFNO/c13-11-5-4-9(7-12(11)14)15-8-10-3-1-2-6-16-10/h2,4-7,10,15H,1,3,8H2. The summed E-state index contributed by atoms with van der Waals surface area (Å²) in [4.78, 5) is 0.